The number of benzene rings is 1. The average molecular weight is 325 g/mol. The lowest BCUT2D eigenvalue weighted by molar-refractivity contribution is 0.449. The third-order valence-electron chi connectivity index (χ3n) is 2.50. The van der Waals surface area contributed by atoms with E-state index in [0.29, 0.717) is 22.5 Å². The number of halogens is 2. The Morgan fingerprint density at radius 1 is 1.42 bits per heavy atom. The van der Waals surface area contributed by atoms with Gasteiger partial charge in [-0.2, -0.15) is 0 Å². The van der Waals surface area contributed by atoms with Crippen LogP contribution in [-0.4, -0.2) is 11.0 Å². The smallest absolute Gasteiger partial charge is 0.222 e. The van der Waals surface area contributed by atoms with Crippen molar-refractivity contribution in [3.8, 4) is 11.6 Å². The van der Waals surface area contributed by atoms with Gasteiger partial charge in [-0.25, -0.2) is 9.37 Å². The van der Waals surface area contributed by atoms with Gasteiger partial charge in [0.25, 0.3) is 0 Å². The number of hydrogen-bond acceptors (Lipinski definition) is 3. The fourth-order valence-electron chi connectivity index (χ4n) is 1.67. The first-order chi connectivity index (χ1) is 9.06. The van der Waals surface area contributed by atoms with Gasteiger partial charge in [-0.1, -0.05) is 6.07 Å². The molecule has 2 rings (SSSR count). The summed E-state index contributed by atoms with van der Waals surface area (Å²) in [6.45, 7) is 1.91. The van der Waals surface area contributed by atoms with Crippen LogP contribution < -0.4 is 10.5 Å². The number of nitrogens with zero attached hydrogens (tertiary/aromatic N) is 1. The molecule has 1 unspecified atom stereocenters. The largest absolute Gasteiger partial charge is 0.439 e. The molecule has 0 saturated heterocycles. The maximum Gasteiger partial charge on any atom is 0.222 e. The maximum absolute atomic E-state index is 13.4. The molecule has 2 N–H and O–H groups in total. The highest BCUT2D eigenvalue weighted by atomic mass is 79.9. The summed E-state index contributed by atoms with van der Waals surface area (Å²) in [5.41, 5.74) is 6.68. The van der Waals surface area contributed by atoms with Crippen LogP contribution in [-0.2, 0) is 6.42 Å². The van der Waals surface area contributed by atoms with Crippen LogP contribution in [0.1, 0.15) is 12.5 Å². The van der Waals surface area contributed by atoms with Crippen molar-refractivity contribution in [2.24, 2.45) is 5.73 Å². The minimum atomic E-state index is -0.373. The Hall–Kier alpha value is -1.46. The zero-order valence-electron chi connectivity index (χ0n) is 10.4. The first-order valence-corrected chi connectivity index (χ1v) is 6.68. The molecule has 100 valence electrons. The van der Waals surface area contributed by atoms with Crippen molar-refractivity contribution >= 4 is 15.9 Å². The lowest BCUT2D eigenvalue weighted by Crippen LogP contribution is -2.18. The van der Waals surface area contributed by atoms with Crippen LogP contribution in [0.3, 0.4) is 0 Å². The first-order valence-electron chi connectivity index (χ1n) is 5.88. The highest BCUT2D eigenvalue weighted by molar-refractivity contribution is 9.10. The van der Waals surface area contributed by atoms with Crippen LogP contribution in [0.25, 0.3) is 0 Å². The lowest BCUT2D eigenvalue weighted by Gasteiger charge is -2.11. The van der Waals surface area contributed by atoms with Gasteiger partial charge in [0.1, 0.15) is 11.6 Å². The van der Waals surface area contributed by atoms with E-state index in [1.807, 2.05) is 19.1 Å². The van der Waals surface area contributed by atoms with E-state index in [-0.39, 0.29) is 11.9 Å². The molecule has 0 bridgehead atoms. The topological polar surface area (TPSA) is 48.1 Å². The van der Waals surface area contributed by atoms with Crippen LogP contribution in [0.2, 0.25) is 0 Å². The summed E-state index contributed by atoms with van der Waals surface area (Å²) >= 11 is 3.10. The summed E-state index contributed by atoms with van der Waals surface area (Å²) in [4.78, 5) is 4.17. The Bertz CT molecular complexity index is 575. The lowest BCUT2D eigenvalue weighted by atomic mass is 10.1. The monoisotopic (exact) mass is 324 g/mol. The van der Waals surface area contributed by atoms with E-state index in [1.54, 1.807) is 18.3 Å². The Labute approximate surface area is 119 Å². The van der Waals surface area contributed by atoms with Gasteiger partial charge < -0.3 is 10.5 Å². The van der Waals surface area contributed by atoms with Crippen molar-refractivity contribution in [1.82, 2.24) is 4.98 Å². The minimum Gasteiger partial charge on any atom is -0.439 e. The molecule has 1 aromatic carbocycles. The number of aromatic nitrogens is 1. The van der Waals surface area contributed by atoms with Gasteiger partial charge in [0, 0.05) is 23.9 Å². The SMILES string of the molecule is CC(N)Cc1cccnc1Oc1ccc(Br)c(F)c1. The number of ether oxygens (including phenoxy) is 1. The van der Waals surface area contributed by atoms with Crippen LogP contribution >= 0.6 is 15.9 Å². The number of nitrogens with two attached hydrogens (primary N) is 1. The van der Waals surface area contributed by atoms with Crippen molar-refractivity contribution in [2.75, 3.05) is 0 Å². The predicted molar refractivity (Wildman–Crippen MR) is 75.8 cm³/mol. The molecule has 0 saturated carbocycles. The Kier molecular flexibility index (Phi) is 4.50. The number of hydrogen-bond donors (Lipinski definition) is 1. The van der Waals surface area contributed by atoms with Crippen LogP contribution in [0.4, 0.5) is 4.39 Å². The van der Waals surface area contributed by atoms with E-state index < -0.39 is 0 Å². The molecule has 1 atom stereocenters. The average Bonchev–Trinajstić information content (AvgIpc) is 2.36. The van der Waals surface area contributed by atoms with Gasteiger partial charge in [-0.3, -0.25) is 0 Å². The molecule has 3 nitrogen and oxygen atoms in total. The molecule has 0 spiro atoms. The molecular formula is C14H14BrFN2O. The van der Waals surface area contributed by atoms with Crippen LogP contribution in [0.5, 0.6) is 11.6 Å². The number of rotatable bonds is 4. The normalized spacial score (nSPS) is 12.2. The minimum absolute atomic E-state index is 0.00760. The third kappa shape index (κ3) is 3.75. The second-order valence-corrected chi connectivity index (χ2v) is 5.18. The van der Waals surface area contributed by atoms with Crippen molar-refractivity contribution in [3.63, 3.8) is 0 Å². The first kappa shape index (κ1) is 14.0. The second-order valence-electron chi connectivity index (χ2n) is 4.33. The van der Waals surface area contributed by atoms with Gasteiger partial charge >= 0.3 is 0 Å². The zero-order chi connectivity index (χ0) is 13.8. The van der Waals surface area contributed by atoms with Crippen molar-refractivity contribution in [1.29, 1.82) is 0 Å². The van der Waals surface area contributed by atoms with Gasteiger partial charge in [0.2, 0.25) is 5.88 Å². The van der Waals surface area contributed by atoms with Crippen LogP contribution in [0, 0.1) is 5.82 Å². The summed E-state index contributed by atoms with van der Waals surface area (Å²) < 4.78 is 19.4. The van der Waals surface area contributed by atoms with Crippen molar-refractivity contribution in [2.45, 2.75) is 19.4 Å². The molecular weight excluding hydrogens is 311 g/mol. The van der Waals surface area contributed by atoms with E-state index >= 15 is 0 Å². The summed E-state index contributed by atoms with van der Waals surface area (Å²) in [7, 11) is 0. The summed E-state index contributed by atoms with van der Waals surface area (Å²) in [5.74, 6) is 0.494. The van der Waals surface area contributed by atoms with Gasteiger partial charge in [-0.05, 0) is 47.5 Å². The molecule has 0 aliphatic heterocycles. The molecule has 1 heterocycles. The van der Waals surface area contributed by atoms with E-state index in [0.717, 1.165) is 5.56 Å². The quantitative estimate of drug-likeness (QED) is 0.933. The Balaban J connectivity index is 2.25. The Morgan fingerprint density at radius 2 is 2.21 bits per heavy atom. The van der Waals surface area contributed by atoms with E-state index in [2.05, 4.69) is 20.9 Å². The number of pyridine rings is 1. The van der Waals surface area contributed by atoms with Gasteiger partial charge in [0.05, 0.1) is 4.47 Å². The fraction of sp³-hybridized carbons (Fsp3) is 0.214. The molecule has 2 aromatic rings. The molecule has 0 aliphatic carbocycles. The molecule has 19 heavy (non-hydrogen) atoms. The highest BCUT2D eigenvalue weighted by Crippen LogP contribution is 2.26. The summed E-state index contributed by atoms with van der Waals surface area (Å²) in [6, 6.07) is 8.33. The van der Waals surface area contributed by atoms with Crippen molar-refractivity contribution < 1.29 is 9.13 Å². The standard InChI is InChI=1S/C14H14BrFN2O/c1-9(17)7-10-3-2-6-18-14(10)19-11-4-5-12(15)13(16)8-11/h2-6,8-9H,7,17H2,1H3. The summed E-state index contributed by atoms with van der Waals surface area (Å²) in [5, 5.41) is 0. The Morgan fingerprint density at radius 3 is 2.89 bits per heavy atom. The van der Waals surface area contributed by atoms with Crippen LogP contribution in [0.15, 0.2) is 41.0 Å². The fourth-order valence-corrected chi connectivity index (χ4v) is 1.92. The molecule has 1 aromatic heterocycles. The zero-order valence-corrected chi connectivity index (χ0v) is 12.0. The van der Waals surface area contributed by atoms with E-state index in [9.17, 15) is 4.39 Å². The maximum atomic E-state index is 13.4. The molecule has 0 fully saturated rings. The molecule has 0 aliphatic rings. The van der Waals surface area contributed by atoms with Gasteiger partial charge in [0.15, 0.2) is 0 Å². The molecule has 5 heteroatoms. The summed E-state index contributed by atoms with van der Waals surface area (Å²) in [6.07, 6.45) is 2.29. The van der Waals surface area contributed by atoms with Crippen molar-refractivity contribution in [3.05, 3.63) is 52.4 Å². The molecule has 0 amide bonds. The van der Waals surface area contributed by atoms with E-state index in [1.165, 1.54) is 6.07 Å². The predicted octanol–water partition coefficient (Wildman–Crippen LogP) is 3.67. The second kappa shape index (κ2) is 6.12. The van der Waals surface area contributed by atoms with Gasteiger partial charge in [-0.15, -0.1) is 0 Å². The highest BCUT2D eigenvalue weighted by Gasteiger charge is 2.09. The third-order valence-corrected chi connectivity index (χ3v) is 3.14. The molecule has 0 radical (unpaired) electrons. The van der Waals surface area contributed by atoms with E-state index in [4.69, 9.17) is 10.5 Å².